The van der Waals surface area contributed by atoms with E-state index in [1.54, 1.807) is 0 Å². The van der Waals surface area contributed by atoms with Gasteiger partial charge in [-0.3, -0.25) is 4.98 Å². The Morgan fingerprint density at radius 2 is 0.690 bits per heavy atom. The van der Waals surface area contributed by atoms with Crippen LogP contribution in [-0.2, 0) is 12.3 Å². The molecule has 0 saturated carbocycles. The molecule has 0 rings (SSSR count). The molecule has 0 aromatic heterocycles. The lowest BCUT2D eigenvalue weighted by atomic mass is 10.5. The van der Waals surface area contributed by atoms with Crippen molar-refractivity contribution in [2.45, 2.75) is 130 Å². The van der Waals surface area contributed by atoms with Crippen LogP contribution in [0.1, 0.15) is 75.7 Å². The highest BCUT2D eigenvalue weighted by atomic mass is 28.5. The summed E-state index contributed by atoms with van der Waals surface area (Å²) < 4.78 is 21.9. The molecule has 0 amide bonds. The Balaban J connectivity index is 6.47. The second-order valence-corrected chi connectivity index (χ2v) is 25.9. The molecule has 1 N–H and O–H groups in total. The van der Waals surface area contributed by atoms with E-state index in [2.05, 4.69) is 74.2 Å². The number of nitrogens with one attached hydrogen (secondary N) is 1. The largest absolute Gasteiger partial charge is 0.565 e. The smallest absolute Gasteiger partial charge is 0.404 e. The first kappa shape index (κ1) is 29.7. The fourth-order valence-electron chi connectivity index (χ4n) is 4.20. The molecule has 0 heterocycles. The molecule has 0 aliphatic carbocycles. The Morgan fingerprint density at radius 1 is 0.448 bits per heavy atom. The molecule has 0 unspecified atom stereocenters. The molecular weight excluding hydrogens is 427 g/mol. The molecule has 0 spiro atoms. The molecule has 0 radical (unpaired) electrons. The average Bonchev–Trinajstić information content (AvgIpc) is 2.78. The van der Waals surface area contributed by atoms with E-state index in [0.29, 0.717) is 0 Å². The predicted octanol–water partition coefficient (Wildman–Crippen LogP) is 7.49. The van der Waals surface area contributed by atoms with Crippen molar-refractivity contribution in [1.82, 2.24) is 4.98 Å². The third-order valence-corrected chi connectivity index (χ3v) is 28.1. The van der Waals surface area contributed by atoms with Crippen LogP contribution in [-0.4, -0.2) is 40.5 Å². The summed E-state index contributed by atoms with van der Waals surface area (Å²) in [4.78, 5) is 3.83. The Bertz CT molecular complexity index is 348. The summed E-state index contributed by atoms with van der Waals surface area (Å²) in [6.07, 6.45) is 1.07. The Labute approximate surface area is 187 Å². The summed E-state index contributed by atoms with van der Waals surface area (Å²) in [5, 5.41) is 0. The van der Waals surface area contributed by atoms with E-state index in [1.807, 2.05) is 0 Å². The molecule has 0 saturated heterocycles. The summed E-state index contributed by atoms with van der Waals surface area (Å²) in [7, 11) is -8.63. The van der Waals surface area contributed by atoms with Gasteiger partial charge in [-0.05, 0) is 67.4 Å². The molecule has 0 aromatic rings. The van der Waals surface area contributed by atoms with Gasteiger partial charge in [0.15, 0.2) is 25.0 Å². The lowest BCUT2D eigenvalue weighted by molar-refractivity contribution is 0.222. The molecule has 176 valence electrons. The first-order valence-corrected chi connectivity index (χ1v) is 21.9. The molecule has 0 aliphatic rings. The second kappa shape index (κ2) is 14.0. The van der Waals surface area contributed by atoms with Crippen LogP contribution in [0.3, 0.4) is 0 Å². The molecule has 8 heteroatoms. The van der Waals surface area contributed by atoms with Crippen LogP contribution in [0.25, 0.3) is 0 Å². The molecule has 0 bridgehead atoms. The molecular formula is C21H53NO3Si4. The Morgan fingerprint density at radius 3 is 0.862 bits per heavy atom. The van der Waals surface area contributed by atoms with Gasteiger partial charge in [0.25, 0.3) is 0 Å². The molecule has 0 fully saturated rings. The summed E-state index contributed by atoms with van der Waals surface area (Å²) in [6, 6.07) is 10.2. The zero-order valence-corrected chi connectivity index (χ0v) is 25.5. The lowest BCUT2D eigenvalue weighted by Gasteiger charge is -2.47. The summed E-state index contributed by atoms with van der Waals surface area (Å²) >= 11 is 0. The van der Waals surface area contributed by atoms with Crippen LogP contribution in [0.2, 0.25) is 54.4 Å². The minimum Gasteiger partial charge on any atom is -0.404 e. The first-order valence-electron chi connectivity index (χ1n) is 12.6. The van der Waals surface area contributed by atoms with E-state index in [4.69, 9.17) is 12.3 Å². The molecule has 0 aromatic carbocycles. The van der Waals surface area contributed by atoms with Crippen molar-refractivity contribution in [3.8, 4) is 0 Å². The van der Waals surface area contributed by atoms with Gasteiger partial charge < -0.3 is 12.3 Å². The predicted molar refractivity (Wildman–Crippen MR) is 139 cm³/mol. The van der Waals surface area contributed by atoms with Gasteiger partial charge in [-0.1, -0.05) is 69.2 Å². The van der Waals surface area contributed by atoms with E-state index in [1.165, 1.54) is 0 Å². The maximum absolute atomic E-state index is 7.29. The molecule has 0 atom stereocenters. The monoisotopic (exact) mass is 479 g/mol. The van der Waals surface area contributed by atoms with Gasteiger partial charge in [0.2, 0.25) is 0 Å². The van der Waals surface area contributed by atoms with E-state index < -0.39 is 33.9 Å². The third-order valence-electron chi connectivity index (χ3n) is 7.44. The fourth-order valence-corrected chi connectivity index (χ4v) is 23.8. The minimum absolute atomic E-state index is 0.914. The van der Waals surface area contributed by atoms with Crippen LogP contribution in [0.15, 0.2) is 0 Å². The standard InChI is InChI=1S/C21H53NO3Si4/c1-11-21-22-29(23-26(12-2,13-3)14-4,24-27(15-5,16-6)17-7)25-28(18-8,19-9)20-10/h22H,11-21H2,1-10H3. The highest BCUT2D eigenvalue weighted by molar-refractivity contribution is 6.91. The molecule has 4 nitrogen and oxygen atoms in total. The second-order valence-electron chi connectivity index (χ2n) is 8.52. The van der Waals surface area contributed by atoms with Crippen LogP contribution in [0.4, 0.5) is 0 Å². The fraction of sp³-hybridized carbons (Fsp3) is 1.00. The van der Waals surface area contributed by atoms with Crippen molar-refractivity contribution in [2.24, 2.45) is 0 Å². The van der Waals surface area contributed by atoms with E-state index >= 15 is 0 Å². The van der Waals surface area contributed by atoms with Gasteiger partial charge in [-0.15, -0.1) is 0 Å². The topological polar surface area (TPSA) is 39.7 Å². The van der Waals surface area contributed by atoms with E-state index in [-0.39, 0.29) is 0 Å². The van der Waals surface area contributed by atoms with Crippen LogP contribution in [0, 0.1) is 0 Å². The summed E-state index contributed by atoms with van der Waals surface area (Å²) in [5.41, 5.74) is 0. The van der Waals surface area contributed by atoms with Gasteiger partial charge in [0, 0.05) is 0 Å². The summed E-state index contributed by atoms with van der Waals surface area (Å²) in [5.74, 6) is 0. The average molecular weight is 480 g/mol. The zero-order chi connectivity index (χ0) is 22.6. The van der Waals surface area contributed by atoms with Crippen molar-refractivity contribution in [2.75, 3.05) is 6.54 Å². The van der Waals surface area contributed by atoms with Gasteiger partial charge in [-0.2, -0.15) is 0 Å². The number of rotatable bonds is 18. The van der Waals surface area contributed by atoms with Gasteiger partial charge in [0.05, 0.1) is 0 Å². The van der Waals surface area contributed by atoms with E-state index in [9.17, 15) is 0 Å². The number of hydrogen-bond donors (Lipinski definition) is 1. The normalized spacial score (nSPS) is 13.9. The maximum atomic E-state index is 7.29. The quantitative estimate of drug-likeness (QED) is 0.207. The van der Waals surface area contributed by atoms with Gasteiger partial charge >= 0.3 is 8.97 Å². The van der Waals surface area contributed by atoms with Crippen LogP contribution >= 0.6 is 0 Å². The Kier molecular flexibility index (Phi) is 14.3. The number of hydrogen-bond acceptors (Lipinski definition) is 4. The minimum atomic E-state index is -2.98. The van der Waals surface area contributed by atoms with Crippen LogP contribution in [0.5, 0.6) is 0 Å². The van der Waals surface area contributed by atoms with Crippen molar-refractivity contribution in [3.05, 3.63) is 0 Å². The summed E-state index contributed by atoms with van der Waals surface area (Å²) in [6.45, 7) is 23.9. The van der Waals surface area contributed by atoms with Crippen molar-refractivity contribution in [1.29, 1.82) is 0 Å². The van der Waals surface area contributed by atoms with Crippen LogP contribution < -0.4 is 4.98 Å². The van der Waals surface area contributed by atoms with Crippen molar-refractivity contribution >= 4 is 33.9 Å². The SMILES string of the molecule is CCCN[Si](O[Si](CC)(CC)CC)(O[Si](CC)(CC)CC)O[Si](CC)(CC)CC. The molecule has 29 heavy (non-hydrogen) atoms. The highest BCUT2D eigenvalue weighted by Gasteiger charge is 2.56. The van der Waals surface area contributed by atoms with Crippen molar-refractivity contribution < 1.29 is 12.3 Å². The lowest BCUT2D eigenvalue weighted by Crippen LogP contribution is -2.71. The highest BCUT2D eigenvalue weighted by Crippen LogP contribution is 2.35. The van der Waals surface area contributed by atoms with Gasteiger partial charge in [0.1, 0.15) is 0 Å². The maximum Gasteiger partial charge on any atom is 0.565 e. The van der Waals surface area contributed by atoms with E-state index in [0.717, 1.165) is 67.4 Å². The first-order chi connectivity index (χ1) is 13.7. The van der Waals surface area contributed by atoms with Crippen molar-refractivity contribution in [3.63, 3.8) is 0 Å². The zero-order valence-electron chi connectivity index (χ0n) is 21.5. The third kappa shape index (κ3) is 7.96. The molecule has 0 aliphatic heterocycles. The Hall–Kier alpha value is 0.708. The van der Waals surface area contributed by atoms with Gasteiger partial charge in [-0.25, -0.2) is 0 Å².